The van der Waals surface area contributed by atoms with Crippen molar-refractivity contribution in [2.45, 2.75) is 38.0 Å². The van der Waals surface area contributed by atoms with Crippen LogP contribution in [-0.4, -0.2) is 58.2 Å². The molecule has 1 aromatic carbocycles. The van der Waals surface area contributed by atoms with Gasteiger partial charge >= 0.3 is 10.3 Å². The highest BCUT2D eigenvalue weighted by Crippen LogP contribution is 2.31. The Balaban J connectivity index is 1.27. The molecule has 3 heterocycles. The maximum atomic E-state index is 12.6. The van der Waals surface area contributed by atoms with Crippen molar-refractivity contribution in [3.63, 3.8) is 0 Å². The summed E-state index contributed by atoms with van der Waals surface area (Å²) in [6.45, 7) is -0.317. The summed E-state index contributed by atoms with van der Waals surface area (Å²) in [5.74, 6) is 9.61. The molecule has 0 bridgehead atoms. The molecule has 0 spiro atoms. The number of hydrazine groups is 1. The Morgan fingerprint density at radius 2 is 1.92 bits per heavy atom. The quantitative estimate of drug-likeness (QED) is 0.0688. The summed E-state index contributed by atoms with van der Waals surface area (Å²) in [6.07, 6.45) is 2.20. The zero-order valence-electron chi connectivity index (χ0n) is 20.0. The second-order valence-corrected chi connectivity index (χ2v) is 9.58. The molecule has 38 heavy (non-hydrogen) atoms. The SMILES string of the molecule is N/N=C(\NN)c1ccccc1C(=O)CCC(=O)NS(=O)(=O)OCC1CCC(n2cnc3c(N)ncnc32)O1. The summed E-state index contributed by atoms with van der Waals surface area (Å²) in [6, 6.07) is 6.36. The molecule has 2 unspecified atom stereocenters. The monoisotopic (exact) mass is 546 g/mol. The number of fused-ring (bicyclic) bond motifs is 1. The number of nitrogens with zero attached hydrogens (tertiary/aromatic N) is 5. The molecule has 2 atom stereocenters. The second kappa shape index (κ2) is 11.5. The van der Waals surface area contributed by atoms with E-state index >= 15 is 0 Å². The Morgan fingerprint density at radius 3 is 2.66 bits per heavy atom. The number of hydrogen-bond acceptors (Lipinski definition) is 13. The van der Waals surface area contributed by atoms with E-state index in [-0.39, 0.29) is 30.2 Å². The van der Waals surface area contributed by atoms with Gasteiger partial charge in [0.05, 0.1) is 19.0 Å². The van der Waals surface area contributed by atoms with Gasteiger partial charge in [0.15, 0.2) is 23.1 Å². The predicted molar refractivity (Wildman–Crippen MR) is 134 cm³/mol. The summed E-state index contributed by atoms with van der Waals surface area (Å²) in [5.41, 5.74) is 9.58. The Kier molecular flexibility index (Phi) is 8.10. The zero-order valence-corrected chi connectivity index (χ0v) is 20.8. The molecular formula is C21H26N10O6S. The molecule has 17 heteroatoms. The minimum absolute atomic E-state index is 0.0735. The van der Waals surface area contributed by atoms with Gasteiger partial charge in [-0.2, -0.15) is 13.5 Å². The molecule has 1 fully saturated rings. The highest BCUT2D eigenvalue weighted by atomic mass is 32.2. The van der Waals surface area contributed by atoms with Crippen LogP contribution in [0.1, 0.15) is 47.8 Å². The maximum Gasteiger partial charge on any atom is 0.362 e. The van der Waals surface area contributed by atoms with Gasteiger partial charge in [0.25, 0.3) is 0 Å². The third-order valence-corrected chi connectivity index (χ3v) is 6.68. The first-order valence-corrected chi connectivity index (χ1v) is 12.8. The van der Waals surface area contributed by atoms with Crippen molar-refractivity contribution in [3.8, 4) is 0 Å². The number of nitrogens with two attached hydrogens (primary N) is 3. The Bertz CT molecular complexity index is 1470. The zero-order chi connectivity index (χ0) is 27.3. The molecule has 0 saturated carbocycles. The third-order valence-electron chi connectivity index (χ3n) is 5.76. The van der Waals surface area contributed by atoms with Crippen LogP contribution in [0.3, 0.4) is 0 Å². The highest BCUT2D eigenvalue weighted by Gasteiger charge is 2.30. The number of rotatable bonds is 10. The molecule has 202 valence electrons. The first kappa shape index (κ1) is 26.9. The van der Waals surface area contributed by atoms with Crippen LogP contribution in [0.25, 0.3) is 11.2 Å². The van der Waals surface area contributed by atoms with Crippen LogP contribution < -0.4 is 27.6 Å². The normalized spacial score (nSPS) is 18.0. The number of hydrazone groups is 1. The number of anilines is 1. The van der Waals surface area contributed by atoms with Gasteiger partial charge in [0.2, 0.25) is 5.91 Å². The number of ketones is 1. The van der Waals surface area contributed by atoms with Crippen LogP contribution in [0.15, 0.2) is 42.0 Å². The first-order valence-electron chi connectivity index (χ1n) is 11.4. The number of aromatic nitrogens is 4. The van der Waals surface area contributed by atoms with Crippen LogP contribution in [0.5, 0.6) is 0 Å². The largest absolute Gasteiger partial charge is 0.382 e. The van der Waals surface area contributed by atoms with Crippen molar-refractivity contribution in [2.75, 3.05) is 12.3 Å². The van der Waals surface area contributed by atoms with Crippen LogP contribution in [0.2, 0.25) is 0 Å². The molecule has 0 aliphatic carbocycles. The molecule has 1 saturated heterocycles. The number of carbonyl (C=O) groups excluding carboxylic acids is 2. The second-order valence-electron chi connectivity index (χ2n) is 8.23. The number of amides is 1. The van der Waals surface area contributed by atoms with Crippen LogP contribution >= 0.6 is 0 Å². The molecule has 1 aliphatic rings. The van der Waals surface area contributed by atoms with Gasteiger partial charge in [-0.15, -0.1) is 0 Å². The Morgan fingerprint density at radius 1 is 1.16 bits per heavy atom. The standard InChI is InChI=1S/C21H26N10O6S/c22-19-18-21(26-10-25-19)31(11-27-18)17-8-5-12(37-17)9-36-38(34,35)30-16(33)7-6-15(32)13-3-1-2-4-14(13)20(28-23)29-24/h1-4,10-12,17H,5-9,23-24H2,(H,28,29)(H,30,33)(H2,22,25,26). The number of carbonyl (C=O) groups is 2. The van der Waals surface area contributed by atoms with Crippen molar-refractivity contribution < 1.29 is 26.9 Å². The number of hydrogen-bond donors (Lipinski definition) is 5. The molecule has 8 N–H and O–H groups in total. The molecule has 2 aromatic heterocycles. The maximum absolute atomic E-state index is 12.6. The lowest BCUT2D eigenvalue weighted by Crippen LogP contribution is -2.34. The van der Waals surface area contributed by atoms with E-state index in [2.05, 4.69) is 25.5 Å². The fraction of sp³-hybridized carbons (Fsp3) is 0.333. The van der Waals surface area contributed by atoms with Crippen molar-refractivity contribution in [1.29, 1.82) is 0 Å². The van der Waals surface area contributed by atoms with Crippen molar-refractivity contribution >= 4 is 44.8 Å². The van der Waals surface area contributed by atoms with E-state index in [1.54, 1.807) is 27.5 Å². The Hall–Kier alpha value is -4.19. The highest BCUT2D eigenvalue weighted by molar-refractivity contribution is 7.85. The average Bonchev–Trinajstić information content (AvgIpc) is 3.55. The number of nitrogen functional groups attached to an aromatic ring is 1. The average molecular weight is 547 g/mol. The minimum atomic E-state index is -4.43. The van der Waals surface area contributed by atoms with Gasteiger partial charge < -0.3 is 21.7 Å². The summed E-state index contributed by atoms with van der Waals surface area (Å²) >= 11 is 0. The smallest absolute Gasteiger partial charge is 0.362 e. The third kappa shape index (κ3) is 6.02. The lowest BCUT2D eigenvalue weighted by molar-refractivity contribution is -0.119. The fourth-order valence-electron chi connectivity index (χ4n) is 3.96. The van der Waals surface area contributed by atoms with E-state index in [1.165, 1.54) is 18.7 Å². The van der Waals surface area contributed by atoms with Crippen LogP contribution in [0, 0.1) is 0 Å². The van der Waals surface area contributed by atoms with Gasteiger partial charge in [-0.1, -0.05) is 24.3 Å². The number of nitrogens with one attached hydrogen (secondary N) is 2. The lowest BCUT2D eigenvalue weighted by Gasteiger charge is -2.15. The Labute approximate surface area is 216 Å². The molecule has 1 amide bonds. The lowest BCUT2D eigenvalue weighted by atomic mass is 10.00. The van der Waals surface area contributed by atoms with Gasteiger partial charge in [0, 0.05) is 24.0 Å². The first-order chi connectivity index (χ1) is 18.2. The van der Waals surface area contributed by atoms with E-state index < -0.39 is 40.7 Å². The molecule has 4 rings (SSSR count). The molecule has 16 nitrogen and oxygen atoms in total. The minimum Gasteiger partial charge on any atom is -0.382 e. The predicted octanol–water partition coefficient (Wildman–Crippen LogP) is -0.790. The molecular weight excluding hydrogens is 520 g/mol. The van der Waals surface area contributed by atoms with Gasteiger partial charge in [-0.05, 0) is 12.8 Å². The number of ether oxygens (including phenoxy) is 1. The van der Waals surface area contributed by atoms with Crippen LogP contribution in [0.4, 0.5) is 5.82 Å². The molecule has 3 aromatic rings. The molecule has 0 radical (unpaired) electrons. The van der Waals surface area contributed by atoms with E-state index in [0.717, 1.165) is 0 Å². The summed E-state index contributed by atoms with van der Waals surface area (Å²) < 4.78 is 38.8. The number of imidazole rings is 1. The van der Waals surface area contributed by atoms with Gasteiger partial charge in [0.1, 0.15) is 18.1 Å². The summed E-state index contributed by atoms with van der Waals surface area (Å²) in [4.78, 5) is 37.1. The van der Waals surface area contributed by atoms with Crippen molar-refractivity contribution in [3.05, 3.63) is 48.0 Å². The van der Waals surface area contributed by atoms with Crippen molar-refractivity contribution in [1.82, 2.24) is 29.7 Å². The number of amidine groups is 1. The van der Waals surface area contributed by atoms with E-state index in [0.29, 0.717) is 29.6 Å². The van der Waals surface area contributed by atoms with Gasteiger partial charge in [-0.3, -0.25) is 18.3 Å². The van der Waals surface area contributed by atoms with E-state index in [1.807, 2.05) is 0 Å². The summed E-state index contributed by atoms with van der Waals surface area (Å²) in [7, 11) is -4.43. The number of benzene rings is 1. The fourth-order valence-corrected chi connectivity index (χ4v) is 4.73. The van der Waals surface area contributed by atoms with E-state index in [4.69, 9.17) is 26.3 Å². The van der Waals surface area contributed by atoms with Crippen LogP contribution in [-0.2, 0) is 24.0 Å². The van der Waals surface area contributed by atoms with Gasteiger partial charge in [-0.25, -0.2) is 25.5 Å². The topological polar surface area (TPSA) is 245 Å². The van der Waals surface area contributed by atoms with E-state index in [9.17, 15) is 18.0 Å². The number of Topliss-reactive ketones (excluding diaryl/α,β-unsaturated/α-hetero) is 1. The van der Waals surface area contributed by atoms with Crippen molar-refractivity contribution in [2.24, 2.45) is 16.8 Å². The molecule has 1 aliphatic heterocycles. The summed E-state index contributed by atoms with van der Waals surface area (Å²) in [5, 5.41) is 3.48.